The molecule has 0 aliphatic heterocycles. The van der Waals surface area contributed by atoms with Gasteiger partial charge < -0.3 is 24.5 Å². The second-order valence-electron chi connectivity index (χ2n) is 4.94. The summed E-state index contributed by atoms with van der Waals surface area (Å²) in [5.41, 5.74) is 6.10. The summed E-state index contributed by atoms with van der Waals surface area (Å²) in [5, 5.41) is 3.87. The van der Waals surface area contributed by atoms with Gasteiger partial charge in [0.25, 0.3) is 5.89 Å². The van der Waals surface area contributed by atoms with Gasteiger partial charge in [-0.25, -0.2) is 14.8 Å². The third-order valence-electron chi connectivity index (χ3n) is 3.36. The number of ether oxygens (including phenoxy) is 3. The summed E-state index contributed by atoms with van der Waals surface area (Å²) in [7, 11) is 3.07. The standard InChI is InChI=1S/C16H15N5O5/c1-23-9-3-4-10(11(7-9)24-2)15-20-12(26-21-15)8-25-16(22)13-14(17)19-6-5-18-13/h3-7H,8H2,1-2H3,(H2,17,19). The highest BCUT2D eigenvalue weighted by Gasteiger charge is 2.18. The largest absolute Gasteiger partial charge is 0.497 e. The zero-order valence-corrected chi connectivity index (χ0v) is 14.0. The SMILES string of the molecule is COc1ccc(-c2noc(COC(=O)c3nccnc3N)n2)c(OC)c1. The number of carbonyl (C=O) groups excluding carboxylic acids is 1. The Morgan fingerprint density at radius 3 is 2.73 bits per heavy atom. The van der Waals surface area contributed by atoms with Crippen molar-refractivity contribution in [3.63, 3.8) is 0 Å². The second kappa shape index (κ2) is 7.47. The highest BCUT2D eigenvalue weighted by atomic mass is 16.6. The van der Waals surface area contributed by atoms with Crippen LogP contribution in [-0.2, 0) is 11.3 Å². The highest BCUT2D eigenvalue weighted by molar-refractivity contribution is 5.91. The summed E-state index contributed by atoms with van der Waals surface area (Å²) >= 11 is 0. The molecule has 0 bridgehead atoms. The summed E-state index contributed by atoms with van der Waals surface area (Å²) in [6.07, 6.45) is 2.71. The number of benzene rings is 1. The van der Waals surface area contributed by atoms with E-state index in [1.54, 1.807) is 25.3 Å². The molecule has 2 aromatic heterocycles. The number of carbonyl (C=O) groups is 1. The van der Waals surface area contributed by atoms with Crippen LogP contribution in [0.5, 0.6) is 11.5 Å². The summed E-state index contributed by atoms with van der Waals surface area (Å²) < 4.78 is 20.6. The monoisotopic (exact) mass is 357 g/mol. The van der Waals surface area contributed by atoms with Crippen LogP contribution in [0.2, 0.25) is 0 Å². The van der Waals surface area contributed by atoms with E-state index >= 15 is 0 Å². The number of rotatable bonds is 6. The molecule has 2 N–H and O–H groups in total. The van der Waals surface area contributed by atoms with Crippen molar-refractivity contribution in [2.45, 2.75) is 6.61 Å². The molecular formula is C16H15N5O5. The Labute approximate surface area is 147 Å². The van der Waals surface area contributed by atoms with Crippen LogP contribution in [0, 0.1) is 0 Å². The number of aromatic nitrogens is 4. The molecule has 0 radical (unpaired) electrons. The molecule has 10 nitrogen and oxygen atoms in total. The molecule has 134 valence electrons. The molecule has 10 heteroatoms. The van der Waals surface area contributed by atoms with E-state index in [1.165, 1.54) is 19.5 Å². The second-order valence-corrected chi connectivity index (χ2v) is 4.94. The van der Waals surface area contributed by atoms with E-state index in [1.807, 2.05) is 0 Å². The van der Waals surface area contributed by atoms with Crippen LogP contribution in [-0.4, -0.2) is 40.3 Å². The van der Waals surface area contributed by atoms with Crippen LogP contribution >= 0.6 is 0 Å². The molecule has 0 unspecified atom stereocenters. The number of anilines is 1. The number of nitrogens with zero attached hydrogens (tertiary/aromatic N) is 4. The van der Waals surface area contributed by atoms with Gasteiger partial charge in [-0.05, 0) is 12.1 Å². The predicted molar refractivity (Wildman–Crippen MR) is 88.4 cm³/mol. The molecule has 0 aliphatic carbocycles. The lowest BCUT2D eigenvalue weighted by atomic mass is 10.2. The number of esters is 1. The van der Waals surface area contributed by atoms with Crippen LogP contribution in [0.3, 0.4) is 0 Å². The van der Waals surface area contributed by atoms with Crippen molar-refractivity contribution in [1.29, 1.82) is 0 Å². The highest BCUT2D eigenvalue weighted by Crippen LogP contribution is 2.31. The molecule has 0 amide bonds. The Balaban J connectivity index is 1.73. The first kappa shape index (κ1) is 17.1. The van der Waals surface area contributed by atoms with Crippen molar-refractivity contribution >= 4 is 11.8 Å². The molecule has 1 aromatic carbocycles. The van der Waals surface area contributed by atoms with E-state index in [9.17, 15) is 4.79 Å². The van der Waals surface area contributed by atoms with Gasteiger partial charge in [0.05, 0.1) is 19.8 Å². The third-order valence-corrected chi connectivity index (χ3v) is 3.36. The predicted octanol–water partition coefficient (Wildman–Crippen LogP) is 1.48. The van der Waals surface area contributed by atoms with Crippen LogP contribution in [0.1, 0.15) is 16.4 Å². The summed E-state index contributed by atoms with van der Waals surface area (Å²) in [6, 6.07) is 5.17. The average molecular weight is 357 g/mol. The molecule has 3 rings (SSSR count). The molecule has 0 fully saturated rings. The van der Waals surface area contributed by atoms with Gasteiger partial charge >= 0.3 is 5.97 Å². The molecule has 3 aromatic rings. The fraction of sp³-hybridized carbons (Fsp3) is 0.188. The minimum Gasteiger partial charge on any atom is -0.497 e. The lowest BCUT2D eigenvalue weighted by Gasteiger charge is -2.07. The molecule has 0 saturated carbocycles. The van der Waals surface area contributed by atoms with E-state index in [-0.39, 0.29) is 29.8 Å². The van der Waals surface area contributed by atoms with E-state index in [4.69, 9.17) is 24.5 Å². The number of nitrogens with two attached hydrogens (primary N) is 1. The molecule has 26 heavy (non-hydrogen) atoms. The third kappa shape index (κ3) is 3.53. The van der Waals surface area contributed by atoms with Crippen molar-refractivity contribution in [2.75, 3.05) is 20.0 Å². The van der Waals surface area contributed by atoms with Gasteiger partial charge in [-0.3, -0.25) is 0 Å². The van der Waals surface area contributed by atoms with Gasteiger partial charge in [0.15, 0.2) is 18.1 Å². The maximum absolute atomic E-state index is 12.0. The lowest BCUT2D eigenvalue weighted by molar-refractivity contribution is 0.0424. The van der Waals surface area contributed by atoms with Crippen molar-refractivity contribution in [1.82, 2.24) is 20.1 Å². The smallest absolute Gasteiger partial charge is 0.361 e. The van der Waals surface area contributed by atoms with E-state index in [0.29, 0.717) is 17.1 Å². The first-order valence-corrected chi connectivity index (χ1v) is 7.41. The molecular weight excluding hydrogens is 342 g/mol. The number of methoxy groups -OCH3 is 2. The Bertz CT molecular complexity index is 927. The zero-order valence-electron chi connectivity index (χ0n) is 14.0. The molecule has 0 aliphatic rings. The van der Waals surface area contributed by atoms with Crippen LogP contribution < -0.4 is 15.2 Å². The van der Waals surface area contributed by atoms with E-state index in [2.05, 4.69) is 20.1 Å². The number of nitrogen functional groups attached to an aromatic ring is 1. The minimum atomic E-state index is -0.739. The van der Waals surface area contributed by atoms with Gasteiger partial charge in [0, 0.05) is 18.5 Å². The molecule has 0 atom stereocenters. The van der Waals surface area contributed by atoms with Crippen molar-refractivity contribution in [3.8, 4) is 22.9 Å². The van der Waals surface area contributed by atoms with Gasteiger partial charge in [0.2, 0.25) is 5.82 Å². The maximum Gasteiger partial charge on any atom is 0.361 e. The van der Waals surface area contributed by atoms with Crippen molar-refractivity contribution < 1.29 is 23.5 Å². The summed E-state index contributed by atoms with van der Waals surface area (Å²) in [5.74, 6) is 0.776. The normalized spacial score (nSPS) is 10.4. The zero-order chi connectivity index (χ0) is 18.5. The lowest BCUT2D eigenvalue weighted by Crippen LogP contribution is -2.11. The minimum absolute atomic E-state index is 0.0216. The molecule has 0 spiro atoms. The number of hydrogen-bond donors (Lipinski definition) is 1. The number of hydrogen-bond acceptors (Lipinski definition) is 10. The maximum atomic E-state index is 12.0. The van der Waals surface area contributed by atoms with Crippen LogP contribution in [0.15, 0.2) is 35.1 Å². The van der Waals surface area contributed by atoms with Crippen LogP contribution in [0.4, 0.5) is 5.82 Å². The van der Waals surface area contributed by atoms with Gasteiger partial charge in [-0.1, -0.05) is 5.16 Å². The topological polar surface area (TPSA) is 135 Å². The fourth-order valence-electron chi connectivity index (χ4n) is 2.11. The van der Waals surface area contributed by atoms with E-state index in [0.717, 1.165) is 0 Å². The van der Waals surface area contributed by atoms with Crippen molar-refractivity contribution in [3.05, 3.63) is 42.2 Å². The summed E-state index contributed by atoms with van der Waals surface area (Å²) in [6.45, 7) is -0.236. The van der Waals surface area contributed by atoms with Crippen molar-refractivity contribution in [2.24, 2.45) is 0 Å². The Kier molecular flexibility index (Phi) is 4.92. The fourth-order valence-corrected chi connectivity index (χ4v) is 2.11. The average Bonchev–Trinajstić information content (AvgIpc) is 3.14. The quantitative estimate of drug-likeness (QED) is 0.646. The van der Waals surface area contributed by atoms with Crippen LogP contribution in [0.25, 0.3) is 11.4 Å². The summed E-state index contributed by atoms with van der Waals surface area (Å²) in [4.78, 5) is 23.7. The molecule has 0 saturated heterocycles. The van der Waals surface area contributed by atoms with Gasteiger partial charge in [-0.2, -0.15) is 4.98 Å². The Hall–Kier alpha value is -3.69. The first-order chi connectivity index (χ1) is 12.6. The Morgan fingerprint density at radius 1 is 1.19 bits per heavy atom. The Morgan fingerprint density at radius 2 is 2.00 bits per heavy atom. The van der Waals surface area contributed by atoms with E-state index < -0.39 is 5.97 Å². The van der Waals surface area contributed by atoms with Gasteiger partial charge in [0.1, 0.15) is 11.5 Å². The van der Waals surface area contributed by atoms with Gasteiger partial charge in [-0.15, -0.1) is 0 Å². The molecule has 2 heterocycles. The first-order valence-electron chi connectivity index (χ1n) is 7.41.